The van der Waals surface area contributed by atoms with Crippen LogP contribution in [0.2, 0.25) is 0 Å². The molecular weight excluding hydrogens is 420 g/mol. The summed E-state index contributed by atoms with van der Waals surface area (Å²) >= 11 is 0. The lowest BCUT2D eigenvalue weighted by atomic mass is 9.91. The van der Waals surface area contributed by atoms with Gasteiger partial charge in [0.1, 0.15) is 0 Å². The molecule has 4 heterocycles. The molecule has 1 aliphatic carbocycles. The lowest BCUT2D eigenvalue weighted by molar-refractivity contribution is 0.302. The number of hydrogen-bond acceptors (Lipinski definition) is 7. The van der Waals surface area contributed by atoms with E-state index in [9.17, 15) is 9.59 Å². The monoisotopic (exact) mass is 446 g/mol. The van der Waals surface area contributed by atoms with Crippen LogP contribution in [0.5, 0.6) is 0 Å². The first-order valence-corrected chi connectivity index (χ1v) is 11.1. The summed E-state index contributed by atoms with van der Waals surface area (Å²) in [6, 6.07) is 8.89. The van der Waals surface area contributed by atoms with Crippen molar-refractivity contribution >= 4 is 17.0 Å². The number of rotatable bonds is 4. The molecule has 0 spiro atoms. The average Bonchev–Trinajstić information content (AvgIpc) is 3.16. The molecule has 4 aromatic heterocycles. The summed E-state index contributed by atoms with van der Waals surface area (Å²) in [6.07, 6.45) is 4.89. The van der Waals surface area contributed by atoms with Crippen LogP contribution < -0.4 is 16.4 Å². The van der Waals surface area contributed by atoms with Crippen LogP contribution in [-0.2, 0) is 7.05 Å². The van der Waals surface area contributed by atoms with Crippen LogP contribution in [0.25, 0.3) is 16.9 Å². The van der Waals surface area contributed by atoms with Crippen molar-refractivity contribution in [3.05, 3.63) is 68.6 Å². The summed E-state index contributed by atoms with van der Waals surface area (Å²) in [4.78, 5) is 34.0. The van der Waals surface area contributed by atoms with Gasteiger partial charge in [0.2, 0.25) is 5.95 Å². The van der Waals surface area contributed by atoms with Crippen LogP contribution >= 0.6 is 0 Å². The van der Waals surface area contributed by atoms with Crippen LogP contribution in [0.1, 0.15) is 43.1 Å². The van der Waals surface area contributed by atoms with E-state index < -0.39 is 0 Å². The van der Waals surface area contributed by atoms with Crippen LogP contribution in [0.4, 0.5) is 5.95 Å². The summed E-state index contributed by atoms with van der Waals surface area (Å²) in [5, 5.41) is 13.0. The zero-order chi connectivity index (χ0) is 23.1. The minimum absolute atomic E-state index is 0.0162. The third kappa shape index (κ3) is 3.92. The SMILES string of the molecule is Cc1cc(C)n(-c2ccc(=O)n(C3CCC(Nc4nc5ncccc5c(=O)n4C)CC3)n2)n1. The zero-order valence-electron chi connectivity index (χ0n) is 18.9. The van der Waals surface area contributed by atoms with Gasteiger partial charge < -0.3 is 5.32 Å². The van der Waals surface area contributed by atoms with Gasteiger partial charge in [0.25, 0.3) is 11.1 Å². The first kappa shape index (κ1) is 21.0. The normalized spacial score (nSPS) is 18.5. The molecule has 4 aromatic rings. The second-order valence-electron chi connectivity index (χ2n) is 8.64. The molecule has 0 atom stereocenters. The molecule has 0 aliphatic heterocycles. The molecule has 1 N–H and O–H groups in total. The molecule has 0 amide bonds. The Morgan fingerprint density at radius 1 is 1.03 bits per heavy atom. The summed E-state index contributed by atoms with van der Waals surface area (Å²) in [5.41, 5.74) is 2.09. The maximum atomic E-state index is 12.6. The van der Waals surface area contributed by atoms with Crippen molar-refractivity contribution in [3.63, 3.8) is 0 Å². The van der Waals surface area contributed by atoms with Crippen LogP contribution in [0.15, 0.2) is 46.1 Å². The number of anilines is 1. The minimum atomic E-state index is -0.124. The third-order valence-electron chi connectivity index (χ3n) is 6.26. The van der Waals surface area contributed by atoms with Crippen molar-refractivity contribution in [3.8, 4) is 5.82 Å². The minimum Gasteiger partial charge on any atom is -0.353 e. The van der Waals surface area contributed by atoms with Crippen molar-refractivity contribution < 1.29 is 0 Å². The molecule has 170 valence electrons. The number of aromatic nitrogens is 7. The Bertz CT molecular complexity index is 1440. The molecule has 0 saturated heterocycles. The van der Waals surface area contributed by atoms with Crippen molar-refractivity contribution in [2.75, 3.05) is 5.32 Å². The highest BCUT2D eigenvalue weighted by molar-refractivity contribution is 5.74. The Kier molecular flexibility index (Phi) is 5.27. The Morgan fingerprint density at radius 2 is 1.82 bits per heavy atom. The van der Waals surface area contributed by atoms with E-state index in [0.717, 1.165) is 37.1 Å². The molecule has 0 unspecified atom stereocenters. The predicted octanol–water partition coefficient (Wildman–Crippen LogP) is 2.28. The van der Waals surface area contributed by atoms with E-state index in [4.69, 9.17) is 0 Å². The highest BCUT2D eigenvalue weighted by Gasteiger charge is 2.25. The van der Waals surface area contributed by atoms with E-state index >= 15 is 0 Å². The second kappa shape index (κ2) is 8.27. The molecule has 10 heteroatoms. The summed E-state index contributed by atoms with van der Waals surface area (Å²) in [6.45, 7) is 3.90. The van der Waals surface area contributed by atoms with Crippen LogP contribution in [0.3, 0.4) is 0 Å². The lowest BCUT2D eigenvalue weighted by Crippen LogP contribution is -2.35. The van der Waals surface area contributed by atoms with Gasteiger partial charge in [0.15, 0.2) is 11.5 Å². The Balaban J connectivity index is 1.33. The van der Waals surface area contributed by atoms with Crippen molar-refractivity contribution in [1.29, 1.82) is 0 Å². The summed E-state index contributed by atoms with van der Waals surface area (Å²) in [7, 11) is 1.71. The topological polar surface area (TPSA) is 113 Å². The van der Waals surface area contributed by atoms with Gasteiger partial charge in [0, 0.05) is 31.0 Å². The molecule has 0 radical (unpaired) electrons. The number of nitrogens with one attached hydrogen (secondary N) is 1. The molecule has 5 rings (SSSR count). The number of aryl methyl sites for hydroxylation is 2. The van der Waals surface area contributed by atoms with Gasteiger partial charge in [-0.05, 0) is 63.8 Å². The Hall–Kier alpha value is -3.82. The molecule has 10 nitrogen and oxygen atoms in total. The van der Waals surface area contributed by atoms with Gasteiger partial charge >= 0.3 is 0 Å². The molecule has 0 aromatic carbocycles. The van der Waals surface area contributed by atoms with E-state index in [2.05, 4.69) is 25.5 Å². The number of fused-ring (bicyclic) bond motifs is 1. The van der Waals surface area contributed by atoms with Gasteiger partial charge in [-0.3, -0.25) is 14.2 Å². The van der Waals surface area contributed by atoms with Gasteiger partial charge in [-0.15, -0.1) is 5.10 Å². The molecule has 1 aliphatic rings. The number of nitrogens with zero attached hydrogens (tertiary/aromatic N) is 7. The smallest absolute Gasteiger partial charge is 0.267 e. The molecule has 1 fully saturated rings. The summed E-state index contributed by atoms with van der Waals surface area (Å²) < 4.78 is 4.88. The maximum absolute atomic E-state index is 12.6. The molecule has 33 heavy (non-hydrogen) atoms. The highest BCUT2D eigenvalue weighted by atomic mass is 16.1. The van der Waals surface area contributed by atoms with Crippen molar-refractivity contribution in [2.45, 2.75) is 51.6 Å². The van der Waals surface area contributed by atoms with Gasteiger partial charge in [-0.25, -0.2) is 14.3 Å². The van der Waals surface area contributed by atoms with E-state index in [-0.39, 0.29) is 23.2 Å². The molecule has 0 bridgehead atoms. The fraction of sp³-hybridized carbons (Fsp3) is 0.391. The first-order chi connectivity index (χ1) is 15.9. The number of pyridine rings is 1. The lowest BCUT2D eigenvalue weighted by Gasteiger charge is -2.30. The van der Waals surface area contributed by atoms with Crippen LogP contribution in [0, 0.1) is 13.8 Å². The van der Waals surface area contributed by atoms with Gasteiger partial charge in [0.05, 0.1) is 17.1 Å². The van der Waals surface area contributed by atoms with Crippen molar-refractivity contribution in [2.24, 2.45) is 7.05 Å². The van der Waals surface area contributed by atoms with E-state index in [0.29, 0.717) is 22.8 Å². The van der Waals surface area contributed by atoms with Gasteiger partial charge in [-0.2, -0.15) is 10.1 Å². The fourth-order valence-corrected chi connectivity index (χ4v) is 4.53. The van der Waals surface area contributed by atoms with Crippen molar-refractivity contribution in [1.82, 2.24) is 34.1 Å². The summed E-state index contributed by atoms with van der Waals surface area (Å²) in [5.74, 6) is 1.15. The maximum Gasteiger partial charge on any atom is 0.267 e. The van der Waals surface area contributed by atoms with E-state index in [1.807, 2.05) is 19.9 Å². The standard InChI is InChI=1S/C23H26N8O2/c1-14-13-15(2)30(27-14)19-10-11-20(32)31(28-19)17-8-6-16(7-9-17)25-23-26-21-18(5-4-12-24-21)22(33)29(23)3/h4-5,10-13,16-17H,6-9H2,1-3H3,(H,24,25,26). The van der Waals surface area contributed by atoms with E-state index in [1.165, 1.54) is 4.57 Å². The number of hydrogen-bond donors (Lipinski definition) is 1. The first-order valence-electron chi connectivity index (χ1n) is 11.1. The fourth-order valence-electron chi connectivity index (χ4n) is 4.53. The third-order valence-corrected chi connectivity index (χ3v) is 6.26. The van der Waals surface area contributed by atoms with Gasteiger partial charge in [-0.1, -0.05) is 0 Å². The highest BCUT2D eigenvalue weighted by Crippen LogP contribution is 2.28. The average molecular weight is 447 g/mol. The Labute approximate surface area is 189 Å². The quantitative estimate of drug-likeness (QED) is 0.512. The predicted molar refractivity (Wildman–Crippen MR) is 125 cm³/mol. The van der Waals surface area contributed by atoms with E-state index in [1.54, 1.807) is 46.9 Å². The van der Waals surface area contributed by atoms with Crippen LogP contribution in [-0.4, -0.2) is 40.1 Å². The Morgan fingerprint density at radius 3 is 2.55 bits per heavy atom. The largest absolute Gasteiger partial charge is 0.353 e. The zero-order valence-corrected chi connectivity index (χ0v) is 18.9. The second-order valence-corrected chi connectivity index (χ2v) is 8.64. The molecule has 1 saturated carbocycles. The molecular formula is C23H26N8O2.